The summed E-state index contributed by atoms with van der Waals surface area (Å²) >= 11 is 0. The molecule has 0 aromatic heterocycles. The average molecular weight is 554 g/mol. The molecule has 2 aromatic rings. The van der Waals surface area contributed by atoms with Crippen LogP contribution in [-0.4, -0.2) is 42.0 Å². The molecule has 40 heavy (non-hydrogen) atoms. The van der Waals surface area contributed by atoms with Crippen molar-refractivity contribution in [1.82, 2.24) is 4.90 Å². The lowest BCUT2D eigenvalue weighted by Crippen LogP contribution is -2.35. The average Bonchev–Trinajstić information content (AvgIpc) is 2.92. The van der Waals surface area contributed by atoms with Gasteiger partial charge < -0.3 is 14.4 Å². The van der Waals surface area contributed by atoms with E-state index in [1.165, 1.54) is 19.2 Å². The SMILES string of the molecule is COC(=O)c1cccc(CN2CC(C)C(c3ccc(F)cc3)CCC(C(C)C(=O)OC(C)(C)C)CCCC2=O)c1. The molecule has 1 aliphatic rings. The summed E-state index contributed by atoms with van der Waals surface area (Å²) in [5.74, 6) is -0.946. The van der Waals surface area contributed by atoms with Crippen LogP contribution < -0.4 is 0 Å². The lowest BCUT2D eigenvalue weighted by atomic mass is 9.78. The van der Waals surface area contributed by atoms with Gasteiger partial charge in [0.1, 0.15) is 11.4 Å². The highest BCUT2D eigenvalue weighted by Gasteiger charge is 2.32. The minimum atomic E-state index is -0.564. The van der Waals surface area contributed by atoms with Crippen molar-refractivity contribution < 1.29 is 28.2 Å². The van der Waals surface area contributed by atoms with Crippen LogP contribution in [0.1, 0.15) is 94.1 Å². The van der Waals surface area contributed by atoms with Gasteiger partial charge in [0.05, 0.1) is 18.6 Å². The van der Waals surface area contributed by atoms with Crippen LogP contribution in [0.4, 0.5) is 4.39 Å². The number of esters is 2. The van der Waals surface area contributed by atoms with Gasteiger partial charge in [0.25, 0.3) is 0 Å². The number of hydrogen-bond donors (Lipinski definition) is 0. The summed E-state index contributed by atoms with van der Waals surface area (Å²) in [5, 5.41) is 0. The number of hydrogen-bond acceptors (Lipinski definition) is 5. The molecule has 7 heteroatoms. The molecule has 0 bridgehead atoms. The zero-order valence-electron chi connectivity index (χ0n) is 24.7. The van der Waals surface area contributed by atoms with Crippen molar-refractivity contribution in [2.45, 2.75) is 84.8 Å². The maximum atomic E-state index is 13.8. The zero-order chi connectivity index (χ0) is 29.4. The second-order valence-corrected chi connectivity index (χ2v) is 12.2. The van der Waals surface area contributed by atoms with Gasteiger partial charge in [0, 0.05) is 19.5 Å². The zero-order valence-corrected chi connectivity index (χ0v) is 24.7. The van der Waals surface area contributed by atoms with E-state index in [0.717, 1.165) is 30.4 Å². The van der Waals surface area contributed by atoms with E-state index in [9.17, 15) is 18.8 Å². The maximum absolute atomic E-state index is 13.8. The van der Waals surface area contributed by atoms with Gasteiger partial charge in [-0.25, -0.2) is 9.18 Å². The molecule has 0 aliphatic carbocycles. The Morgan fingerprint density at radius 1 is 1.07 bits per heavy atom. The molecule has 4 atom stereocenters. The first-order chi connectivity index (χ1) is 18.9. The van der Waals surface area contributed by atoms with E-state index in [1.54, 1.807) is 18.2 Å². The predicted octanol–water partition coefficient (Wildman–Crippen LogP) is 6.92. The highest BCUT2D eigenvalue weighted by Crippen LogP contribution is 2.36. The summed E-state index contributed by atoms with van der Waals surface area (Å²) in [6.45, 7) is 10.6. The summed E-state index contributed by atoms with van der Waals surface area (Å²) in [4.78, 5) is 40.5. The van der Waals surface area contributed by atoms with Gasteiger partial charge in [-0.2, -0.15) is 0 Å². The molecular weight excluding hydrogens is 509 g/mol. The molecule has 0 N–H and O–H groups in total. The van der Waals surface area contributed by atoms with Crippen LogP contribution in [0.5, 0.6) is 0 Å². The van der Waals surface area contributed by atoms with Crippen molar-refractivity contribution >= 4 is 17.8 Å². The van der Waals surface area contributed by atoms with E-state index >= 15 is 0 Å². The highest BCUT2D eigenvalue weighted by atomic mass is 19.1. The molecule has 1 saturated heterocycles. The van der Waals surface area contributed by atoms with E-state index in [2.05, 4.69) is 6.92 Å². The smallest absolute Gasteiger partial charge is 0.337 e. The van der Waals surface area contributed by atoms with E-state index in [0.29, 0.717) is 31.5 Å². The molecule has 3 rings (SSSR count). The first kappa shape index (κ1) is 31.3. The van der Waals surface area contributed by atoms with Crippen molar-refractivity contribution in [3.8, 4) is 0 Å². The predicted molar refractivity (Wildman–Crippen MR) is 153 cm³/mol. The molecular formula is C33H44FNO5. The minimum absolute atomic E-state index is 0.0405. The number of nitrogens with zero attached hydrogens (tertiary/aromatic N) is 1. The Morgan fingerprint density at radius 2 is 1.77 bits per heavy atom. The third kappa shape index (κ3) is 8.90. The van der Waals surface area contributed by atoms with Crippen LogP contribution in [0, 0.1) is 23.6 Å². The summed E-state index contributed by atoms with van der Waals surface area (Å²) in [5.41, 5.74) is 1.76. The van der Waals surface area contributed by atoms with Gasteiger partial charge in [-0.1, -0.05) is 38.1 Å². The molecule has 0 radical (unpaired) electrons. The van der Waals surface area contributed by atoms with Crippen LogP contribution in [0.3, 0.4) is 0 Å². The number of benzene rings is 2. The van der Waals surface area contributed by atoms with Crippen LogP contribution in [0.25, 0.3) is 0 Å². The van der Waals surface area contributed by atoms with E-state index in [-0.39, 0.29) is 41.4 Å². The Balaban J connectivity index is 1.89. The number of carbonyl (C=O) groups is 3. The number of carbonyl (C=O) groups excluding carboxylic acids is 3. The first-order valence-electron chi connectivity index (χ1n) is 14.3. The summed E-state index contributed by atoms with van der Waals surface area (Å²) < 4.78 is 24.4. The number of rotatable bonds is 6. The van der Waals surface area contributed by atoms with Crippen LogP contribution in [-0.2, 0) is 25.6 Å². The normalized spacial score (nSPS) is 21.7. The summed E-state index contributed by atoms with van der Waals surface area (Å²) in [7, 11) is 1.35. The fourth-order valence-electron chi connectivity index (χ4n) is 5.65. The van der Waals surface area contributed by atoms with Gasteiger partial charge >= 0.3 is 11.9 Å². The molecule has 218 valence electrons. The van der Waals surface area contributed by atoms with E-state index < -0.39 is 11.6 Å². The van der Waals surface area contributed by atoms with Crippen molar-refractivity contribution in [2.75, 3.05) is 13.7 Å². The molecule has 1 heterocycles. The van der Waals surface area contributed by atoms with E-state index in [1.807, 2.05) is 50.8 Å². The van der Waals surface area contributed by atoms with E-state index in [4.69, 9.17) is 9.47 Å². The molecule has 1 amide bonds. The molecule has 2 aromatic carbocycles. The topological polar surface area (TPSA) is 72.9 Å². The monoisotopic (exact) mass is 553 g/mol. The second-order valence-electron chi connectivity index (χ2n) is 12.2. The Labute approximate surface area is 238 Å². The van der Waals surface area contributed by atoms with Crippen molar-refractivity contribution in [2.24, 2.45) is 17.8 Å². The van der Waals surface area contributed by atoms with Crippen molar-refractivity contribution in [3.63, 3.8) is 0 Å². The Bertz CT molecular complexity index is 1160. The molecule has 4 unspecified atom stereocenters. The molecule has 1 fully saturated rings. The Kier molecular flexibility index (Phi) is 10.9. The third-order valence-electron chi connectivity index (χ3n) is 7.87. The maximum Gasteiger partial charge on any atom is 0.337 e. The fourth-order valence-corrected chi connectivity index (χ4v) is 5.65. The highest BCUT2D eigenvalue weighted by molar-refractivity contribution is 5.89. The van der Waals surface area contributed by atoms with Gasteiger partial charge in [-0.05, 0) is 99.6 Å². The van der Waals surface area contributed by atoms with Gasteiger partial charge in [-0.15, -0.1) is 0 Å². The van der Waals surface area contributed by atoms with Gasteiger partial charge in [0.2, 0.25) is 5.91 Å². The minimum Gasteiger partial charge on any atom is -0.465 e. The molecule has 0 spiro atoms. The number of methoxy groups -OCH3 is 1. The second kappa shape index (κ2) is 13.9. The molecule has 6 nitrogen and oxygen atoms in total. The van der Waals surface area contributed by atoms with Gasteiger partial charge in [-0.3, -0.25) is 9.59 Å². The van der Waals surface area contributed by atoms with Crippen LogP contribution >= 0.6 is 0 Å². The first-order valence-corrected chi connectivity index (χ1v) is 14.3. The Hall–Kier alpha value is -3.22. The van der Waals surface area contributed by atoms with Crippen LogP contribution in [0.15, 0.2) is 48.5 Å². The fraction of sp³-hybridized carbons (Fsp3) is 0.545. The van der Waals surface area contributed by atoms with Crippen LogP contribution in [0.2, 0.25) is 0 Å². The number of halogens is 1. The van der Waals surface area contributed by atoms with Crippen molar-refractivity contribution in [1.29, 1.82) is 0 Å². The standard InChI is InChI=1S/C33H44FNO5/c1-22-20-35(21-24-9-7-11-27(19-24)32(38)39-6)30(36)12-8-10-25(23(2)31(37)40-33(3,4)5)15-18-29(22)26-13-16-28(34)17-14-26/h7,9,11,13-14,16-17,19,22-23,25,29H,8,10,12,15,18,20-21H2,1-6H3. The quantitative estimate of drug-likeness (QED) is 0.363. The van der Waals surface area contributed by atoms with Crippen molar-refractivity contribution in [3.05, 3.63) is 71.0 Å². The lowest BCUT2D eigenvalue weighted by molar-refractivity contribution is -0.161. The summed E-state index contributed by atoms with van der Waals surface area (Å²) in [6, 6.07) is 13.8. The Morgan fingerprint density at radius 3 is 2.42 bits per heavy atom. The number of ether oxygens (including phenoxy) is 2. The largest absolute Gasteiger partial charge is 0.465 e. The van der Waals surface area contributed by atoms with Gasteiger partial charge in [0.15, 0.2) is 0 Å². The molecule has 1 aliphatic heterocycles. The number of amides is 1. The third-order valence-corrected chi connectivity index (χ3v) is 7.87. The molecule has 0 saturated carbocycles. The summed E-state index contributed by atoms with van der Waals surface area (Å²) in [6.07, 6.45) is 3.40. The lowest BCUT2D eigenvalue weighted by Gasteiger charge is -2.32.